The van der Waals surface area contributed by atoms with Crippen molar-refractivity contribution in [1.29, 1.82) is 0 Å². The van der Waals surface area contributed by atoms with Crippen LogP contribution in [0.15, 0.2) is 97.6 Å². The minimum Gasteiger partial charge on any atom is -0.359 e. The average molecular weight is 589 g/mol. The number of nitrogens with zero attached hydrogens (tertiary/aromatic N) is 3. The van der Waals surface area contributed by atoms with E-state index >= 15 is 0 Å². The Morgan fingerprint density at radius 3 is 2.66 bits per heavy atom. The van der Waals surface area contributed by atoms with Crippen molar-refractivity contribution < 1.29 is 4.39 Å². The van der Waals surface area contributed by atoms with Crippen LogP contribution in [0.25, 0.3) is 49.9 Å². The van der Waals surface area contributed by atoms with Gasteiger partial charge in [0.2, 0.25) is 0 Å². The van der Waals surface area contributed by atoms with Crippen molar-refractivity contribution in [1.82, 2.24) is 30.4 Å². The number of pyridine rings is 1. The molecule has 7 heteroatoms. The summed E-state index contributed by atoms with van der Waals surface area (Å²) in [5.74, 6) is -0.237. The van der Waals surface area contributed by atoms with Crippen molar-refractivity contribution in [3.63, 3.8) is 0 Å². The second kappa shape index (κ2) is 13.7. The van der Waals surface area contributed by atoms with Gasteiger partial charge in [0.05, 0.1) is 22.9 Å². The minimum atomic E-state index is -0.237. The van der Waals surface area contributed by atoms with Crippen LogP contribution in [-0.4, -0.2) is 45.7 Å². The van der Waals surface area contributed by atoms with Gasteiger partial charge in [-0.15, -0.1) is 0 Å². The third kappa shape index (κ3) is 6.90. The van der Waals surface area contributed by atoms with Crippen molar-refractivity contribution in [2.24, 2.45) is 0 Å². The molecule has 0 atom stereocenters. The molecule has 0 aliphatic carbocycles. The number of halogens is 1. The molecule has 0 radical (unpaired) electrons. The summed E-state index contributed by atoms with van der Waals surface area (Å²) in [6.45, 7) is 13.2. The zero-order valence-corrected chi connectivity index (χ0v) is 26.1. The zero-order valence-electron chi connectivity index (χ0n) is 26.1. The number of hydrogen-bond donors (Lipinski definition) is 3. The predicted molar refractivity (Wildman–Crippen MR) is 183 cm³/mol. The van der Waals surface area contributed by atoms with Crippen molar-refractivity contribution in [2.45, 2.75) is 39.5 Å². The van der Waals surface area contributed by atoms with Gasteiger partial charge < -0.3 is 15.2 Å². The lowest BCUT2D eigenvalue weighted by atomic mass is 9.99. The first-order chi connectivity index (χ1) is 21.3. The molecule has 3 N–H and O–H groups in total. The van der Waals surface area contributed by atoms with Gasteiger partial charge in [-0.25, -0.2) is 4.39 Å². The van der Waals surface area contributed by atoms with E-state index in [1.165, 1.54) is 0 Å². The standard InChI is InChI=1S/C37H41FN6/c1-7-11-24(4)40-30(9-3)19-26(8-2)27-13-14-34-32(20-27)37(43-42-34)35-21-31-33(22-39-23-36(31)41-35)28-16-25(17-29(38)18-28)12-10-15-44(5)6/h8-9,13-14,16-23,40-41H,3-4,7,10-12,15H2,1-2,5-6H3,(H,42,43)/b26-8+,30-19+. The van der Waals surface area contributed by atoms with Crippen LogP contribution in [0.3, 0.4) is 0 Å². The van der Waals surface area contributed by atoms with Gasteiger partial charge >= 0.3 is 0 Å². The molecule has 0 saturated carbocycles. The van der Waals surface area contributed by atoms with Gasteiger partial charge in [0, 0.05) is 33.9 Å². The number of hydrogen-bond acceptors (Lipinski definition) is 4. The summed E-state index contributed by atoms with van der Waals surface area (Å²) in [7, 11) is 4.10. The largest absolute Gasteiger partial charge is 0.359 e. The van der Waals surface area contributed by atoms with E-state index in [1.807, 2.05) is 19.2 Å². The zero-order chi connectivity index (χ0) is 31.2. The van der Waals surface area contributed by atoms with Gasteiger partial charge in [0.25, 0.3) is 0 Å². The summed E-state index contributed by atoms with van der Waals surface area (Å²) in [6, 6.07) is 13.7. The molecule has 5 rings (SSSR count). The Labute approximate surface area is 259 Å². The second-order valence-corrected chi connectivity index (χ2v) is 11.4. The molecule has 44 heavy (non-hydrogen) atoms. The molecule has 0 aliphatic rings. The number of rotatable bonds is 13. The Hall–Kier alpha value is -4.75. The van der Waals surface area contributed by atoms with Gasteiger partial charge in [0.15, 0.2) is 0 Å². The van der Waals surface area contributed by atoms with Crippen molar-refractivity contribution >= 4 is 27.4 Å². The van der Waals surface area contributed by atoms with Gasteiger partial charge in [-0.1, -0.05) is 44.7 Å². The number of benzene rings is 2. The summed E-state index contributed by atoms with van der Waals surface area (Å²) in [6.07, 6.45) is 13.3. The van der Waals surface area contributed by atoms with Gasteiger partial charge in [-0.05, 0) is 112 Å². The Balaban J connectivity index is 1.50. The molecule has 0 fully saturated rings. The number of fused-ring (bicyclic) bond motifs is 2. The van der Waals surface area contributed by atoms with E-state index in [2.05, 4.69) is 107 Å². The molecular formula is C37H41FN6. The number of H-pyrrole nitrogens is 2. The molecule has 0 amide bonds. The highest BCUT2D eigenvalue weighted by Gasteiger charge is 2.16. The molecule has 0 saturated heterocycles. The van der Waals surface area contributed by atoms with Crippen LogP contribution < -0.4 is 5.32 Å². The smallest absolute Gasteiger partial charge is 0.124 e. The minimum absolute atomic E-state index is 0.237. The van der Waals surface area contributed by atoms with E-state index in [-0.39, 0.29) is 5.82 Å². The summed E-state index contributed by atoms with van der Waals surface area (Å²) in [5, 5.41) is 13.2. The van der Waals surface area contributed by atoms with E-state index in [4.69, 9.17) is 0 Å². The molecule has 0 spiro atoms. The lowest BCUT2D eigenvalue weighted by Gasteiger charge is -2.11. The Morgan fingerprint density at radius 1 is 1.07 bits per heavy atom. The maximum Gasteiger partial charge on any atom is 0.124 e. The SMILES string of the molecule is C=C/C(=C\C(=C/C)c1ccc2[nH]nc(-c3cc4c(-c5cc(F)cc(CCCN(C)C)c5)cncc4[nH]3)c2c1)NC(=C)CCC. The molecule has 6 nitrogen and oxygen atoms in total. The lowest BCUT2D eigenvalue weighted by molar-refractivity contribution is 0.400. The topological polar surface area (TPSA) is 72.6 Å². The van der Waals surface area contributed by atoms with Gasteiger partial charge in [0.1, 0.15) is 11.5 Å². The van der Waals surface area contributed by atoms with E-state index < -0.39 is 0 Å². The third-order valence-electron chi connectivity index (χ3n) is 7.75. The highest BCUT2D eigenvalue weighted by molar-refractivity contribution is 6.01. The molecule has 0 aliphatic heterocycles. The molecule has 2 aromatic carbocycles. The number of aromatic amines is 2. The normalized spacial score (nSPS) is 12.4. The molecule has 0 unspecified atom stereocenters. The number of aryl methyl sites for hydroxylation is 1. The number of nitrogens with one attached hydrogen (secondary N) is 3. The fraction of sp³-hybridized carbons (Fsp3) is 0.243. The first-order valence-electron chi connectivity index (χ1n) is 15.1. The Kier molecular flexibility index (Phi) is 9.56. The van der Waals surface area contributed by atoms with Crippen LogP contribution in [0.5, 0.6) is 0 Å². The summed E-state index contributed by atoms with van der Waals surface area (Å²) >= 11 is 0. The number of allylic oxidation sites excluding steroid dienone is 5. The highest BCUT2D eigenvalue weighted by Crippen LogP contribution is 2.35. The second-order valence-electron chi connectivity index (χ2n) is 11.4. The first-order valence-corrected chi connectivity index (χ1v) is 15.1. The summed E-state index contributed by atoms with van der Waals surface area (Å²) in [4.78, 5) is 10.1. The predicted octanol–water partition coefficient (Wildman–Crippen LogP) is 8.78. The molecule has 226 valence electrons. The van der Waals surface area contributed by atoms with Crippen molar-refractivity contribution in [2.75, 3.05) is 20.6 Å². The van der Waals surface area contributed by atoms with Crippen LogP contribution in [-0.2, 0) is 6.42 Å². The number of aromatic nitrogens is 4. The van der Waals surface area contributed by atoms with Crippen LogP contribution in [0, 0.1) is 5.82 Å². The van der Waals surface area contributed by atoms with E-state index in [0.29, 0.717) is 0 Å². The van der Waals surface area contributed by atoms with Crippen molar-refractivity contribution in [3.8, 4) is 22.5 Å². The monoisotopic (exact) mass is 588 g/mol. The van der Waals surface area contributed by atoms with Crippen LogP contribution in [0.2, 0.25) is 0 Å². The maximum atomic E-state index is 14.8. The highest BCUT2D eigenvalue weighted by atomic mass is 19.1. The average Bonchev–Trinajstić information content (AvgIpc) is 3.62. The van der Waals surface area contributed by atoms with Gasteiger partial charge in [-0.3, -0.25) is 10.1 Å². The third-order valence-corrected chi connectivity index (χ3v) is 7.75. The van der Waals surface area contributed by atoms with Crippen LogP contribution >= 0.6 is 0 Å². The molecule has 5 aromatic rings. The quantitative estimate of drug-likeness (QED) is 0.120. The molecule has 0 bridgehead atoms. The van der Waals surface area contributed by atoms with Crippen LogP contribution in [0.4, 0.5) is 4.39 Å². The summed E-state index contributed by atoms with van der Waals surface area (Å²) in [5.41, 5.74) is 10.2. The fourth-order valence-corrected chi connectivity index (χ4v) is 5.57. The molecule has 3 heterocycles. The Morgan fingerprint density at radius 2 is 1.91 bits per heavy atom. The maximum absolute atomic E-state index is 14.8. The summed E-state index contributed by atoms with van der Waals surface area (Å²) < 4.78 is 14.8. The lowest BCUT2D eigenvalue weighted by Crippen LogP contribution is -2.13. The molecule has 3 aromatic heterocycles. The molecular weight excluding hydrogens is 547 g/mol. The van der Waals surface area contributed by atoms with Gasteiger partial charge in [-0.2, -0.15) is 5.10 Å². The van der Waals surface area contributed by atoms with E-state index in [9.17, 15) is 4.39 Å². The first kappa shape index (κ1) is 30.7. The Bertz CT molecular complexity index is 1870. The van der Waals surface area contributed by atoms with Crippen LogP contribution in [0.1, 0.15) is 44.2 Å². The van der Waals surface area contributed by atoms with Crippen molar-refractivity contribution in [3.05, 3.63) is 115 Å². The van der Waals surface area contributed by atoms with E-state index in [1.54, 1.807) is 18.3 Å². The fourth-order valence-electron chi connectivity index (χ4n) is 5.57. The van der Waals surface area contributed by atoms with E-state index in [0.717, 1.165) is 105 Å².